The summed E-state index contributed by atoms with van der Waals surface area (Å²) in [5, 5.41) is 40.1. The van der Waals surface area contributed by atoms with Crippen LogP contribution < -0.4 is 21.7 Å². The largest absolute Gasteiger partial charge is 0.488 e. The Hall–Kier alpha value is -3.88. The summed E-state index contributed by atoms with van der Waals surface area (Å²) < 4.78 is 28.2. The Balaban J connectivity index is 2.54. The molecule has 0 bridgehead atoms. The summed E-state index contributed by atoms with van der Waals surface area (Å²) in [4.78, 5) is 44.2. The van der Waals surface area contributed by atoms with Gasteiger partial charge in [0.25, 0.3) is 17.7 Å². The second-order valence-corrected chi connectivity index (χ2v) is 7.85. The third kappa shape index (κ3) is 8.61. The molecule has 0 saturated heterocycles. The maximum atomic E-state index is 14.2. The first-order valence-electron chi connectivity index (χ1n) is 11.0. The molecule has 0 spiro atoms. The van der Waals surface area contributed by atoms with Crippen LogP contribution in [0.5, 0.6) is 0 Å². The van der Waals surface area contributed by atoms with E-state index >= 15 is 0 Å². The first-order valence-corrected chi connectivity index (χ1v) is 11.0. The van der Waals surface area contributed by atoms with E-state index < -0.39 is 56.3 Å². The first-order chi connectivity index (χ1) is 18.0. The maximum absolute atomic E-state index is 14.2. The summed E-state index contributed by atoms with van der Waals surface area (Å²) in [5.74, 6) is -4.67. The second kappa shape index (κ2) is 14.2. The summed E-state index contributed by atoms with van der Waals surface area (Å²) in [5.41, 5.74) is 0.681. The van der Waals surface area contributed by atoms with Crippen molar-refractivity contribution in [2.24, 2.45) is 0 Å². The molecular weight excluding hydrogens is 506 g/mol. The number of allylic oxidation sites excluding steroid dienone is 2. The quantitative estimate of drug-likeness (QED) is 0.0819. The molecule has 0 aliphatic carbocycles. The summed E-state index contributed by atoms with van der Waals surface area (Å²) in [6, 6.07) is 5.25. The molecule has 11 nitrogen and oxygen atoms in total. The van der Waals surface area contributed by atoms with E-state index in [4.69, 9.17) is 0 Å². The van der Waals surface area contributed by atoms with E-state index in [2.05, 4.69) is 16.7 Å². The lowest BCUT2D eigenvalue weighted by Gasteiger charge is -2.31. The Morgan fingerprint density at radius 3 is 2.08 bits per heavy atom. The molecule has 6 N–H and O–H groups in total. The molecule has 2 aromatic rings. The fourth-order valence-electron chi connectivity index (χ4n) is 3.37. The fraction of sp³-hybridized carbons (Fsp3) is 0.174. The third-order valence-corrected chi connectivity index (χ3v) is 5.04. The van der Waals surface area contributed by atoms with Crippen molar-refractivity contribution in [1.82, 2.24) is 15.7 Å². The minimum absolute atomic E-state index is 0.112. The maximum Gasteiger partial charge on any atom is 0.488 e. The van der Waals surface area contributed by atoms with Crippen LogP contribution in [0.2, 0.25) is 0 Å². The Morgan fingerprint density at radius 2 is 1.55 bits per heavy atom. The number of hydrogen-bond donors (Lipinski definition) is 6. The highest BCUT2D eigenvalue weighted by Gasteiger charge is 2.30. The standard InChI is InChI=1S/C23H25B2F2N3O8/c1-3-4-5-6-20(28-22(32)14-7-16(24(34)35)11-18(26)9-14)30(13-21(31)29-38-2)23(33)15-8-17(25(36)37)12-19(27)10-15/h3-5,7-12,20,34-37H,1,6,13H2,2H3,(H,28,32)(H,29,31)/b5-4-. The Kier molecular flexibility index (Phi) is 11.3. The van der Waals surface area contributed by atoms with Crippen molar-refractivity contribution in [3.8, 4) is 0 Å². The molecule has 0 aliphatic rings. The fourth-order valence-corrected chi connectivity index (χ4v) is 3.37. The molecule has 1 atom stereocenters. The molecule has 15 heteroatoms. The van der Waals surface area contributed by atoms with Crippen molar-refractivity contribution in [3.05, 3.63) is 84.0 Å². The van der Waals surface area contributed by atoms with Crippen LogP contribution in [0.1, 0.15) is 27.1 Å². The number of carbonyl (C=O) groups excluding carboxylic acids is 3. The molecule has 200 valence electrons. The number of carbonyl (C=O) groups is 3. The molecule has 3 amide bonds. The van der Waals surface area contributed by atoms with Crippen molar-refractivity contribution < 1.29 is 48.1 Å². The normalized spacial score (nSPS) is 11.6. The van der Waals surface area contributed by atoms with E-state index in [1.165, 1.54) is 18.2 Å². The van der Waals surface area contributed by atoms with Crippen LogP contribution in [0.3, 0.4) is 0 Å². The van der Waals surface area contributed by atoms with Crippen LogP contribution in [0, 0.1) is 11.6 Å². The van der Waals surface area contributed by atoms with Gasteiger partial charge >= 0.3 is 14.2 Å². The number of hydrogen-bond acceptors (Lipinski definition) is 8. The van der Waals surface area contributed by atoms with Gasteiger partial charge in [-0.3, -0.25) is 19.2 Å². The highest BCUT2D eigenvalue weighted by Crippen LogP contribution is 2.13. The van der Waals surface area contributed by atoms with Gasteiger partial charge < -0.3 is 30.3 Å². The molecule has 0 heterocycles. The van der Waals surface area contributed by atoms with E-state index in [9.17, 15) is 43.3 Å². The molecule has 2 aromatic carbocycles. The summed E-state index contributed by atoms with van der Waals surface area (Å²) in [6.45, 7) is 2.81. The molecular formula is C23H25B2F2N3O8. The SMILES string of the molecule is C=C/C=C\CC(NC(=O)c1cc(F)cc(B(O)O)c1)N(CC(=O)NOC)C(=O)c1cc(F)cc(B(O)O)c1. The molecule has 38 heavy (non-hydrogen) atoms. The van der Waals surface area contributed by atoms with Crippen molar-refractivity contribution >= 4 is 42.9 Å². The molecule has 1 unspecified atom stereocenters. The van der Waals surface area contributed by atoms with Gasteiger partial charge in [0.05, 0.1) is 7.11 Å². The zero-order valence-corrected chi connectivity index (χ0v) is 20.2. The lowest BCUT2D eigenvalue weighted by molar-refractivity contribution is -0.132. The van der Waals surface area contributed by atoms with Gasteiger partial charge in [-0.05, 0) is 47.3 Å². The Morgan fingerprint density at radius 1 is 1.00 bits per heavy atom. The monoisotopic (exact) mass is 531 g/mol. The topological polar surface area (TPSA) is 169 Å². The molecule has 2 rings (SSSR count). The molecule has 0 aliphatic heterocycles. The van der Waals surface area contributed by atoms with Gasteiger partial charge in [-0.25, -0.2) is 14.3 Å². The first kappa shape index (κ1) is 30.3. The van der Waals surface area contributed by atoms with Gasteiger partial charge in [-0.2, -0.15) is 0 Å². The summed E-state index contributed by atoms with van der Waals surface area (Å²) in [7, 11) is -3.02. The van der Waals surface area contributed by atoms with Crippen molar-refractivity contribution in [2.75, 3.05) is 13.7 Å². The number of rotatable bonds is 12. The summed E-state index contributed by atoms with van der Waals surface area (Å²) in [6.07, 6.45) is 2.98. The number of nitrogens with zero attached hydrogens (tertiary/aromatic N) is 1. The van der Waals surface area contributed by atoms with E-state index in [-0.39, 0.29) is 28.5 Å². The predicted molar refractivity (Wildman–Crippen MR) is 134 cm³/mol. The highest BCUT2D eigenvalue weighted by molar-refractivity contribution is 6.59. The van der Waals surface area contributed by atoms with Crippen molar-refractivity contribution in [3.63, 3.8) is 0 Å². The Labute approximate surface area is 217 Å². The highest BCUT2D eigenvalue weighted by atomic mass is 19.1. The van der Waals surface area contributed by atoms with Gasteiger partial charge in [0, 0.05) is 17.5 Å². The zero-order valence-electron chi connectivity index (χ0n) is 20.2. The van der Waals surface area contributed by atoms with Crippen molar-refractivity contribution in [1.29, 1.82) is 0 Å². The number of halogens is 2. The number of amides is 3. The second-order valence-electron chi connectivity index (χ2n) is 7.85. The van der Waals surface area contributed by atoms with Crippen LogP contribution in [0.25, 0.3) is 0 Å². The predicted octanol–water partition coefficient (Wildman–Crippen LogP) is -1.67. The molecule has 0 radical (unpaired) electrons. The third-order valence-electron chi connectivity index (χ3n) is 5.04. The Bertz CT molecular complexity index is 1210. The molecule has 0 saturated carbocycles. The zero-order chi connectivity index (χ0) is 28.4. The lowest BCUT2D eigenvalue weighted by atomic mass is 9.79. The number of benzene rings is 2. The van der Waals surface area contributed by atoms with Crippen molar-refractivity contribution in [2.45, 2.75) is 12.6 Å². The average Bonchev–Trinajstić information content (AvgIpc) is 2.85. The number of hydroxylamine groups is 1. The van der Waals surface area contributed by atoms with Gasteiger partial charge in [0.2, 0.25) is 0 Å². The van der Waals surface area contributed by atoms with Gasteiger partial charge in [-0.1, -0.05) is 24.8 Å². The van der Waals surface area contributed by atoms with E-state index in [0.717, 1.165) is 48.4 Å². The van der Waals surface area contributed by atoms with E-state index in [1.54, 1.807) is 0 Å². The van der Waals surface area contributed by atoms with Crippen LogP contribution in [0.15, 0.2) is 61.2 Å². The minimum atomic E-state index is -2.10. The lowest BCUT2D eigenvalue weighted by Crippen LogP contribution is -2.54. The van der Waals surface area contributed by atoms with Gasteiger partial charge in [0.1, 0.15) is 24.3 Å². The van der Waals surface area contributed by atoms with Crippen LogP contribution >= 0.6 is 0 Å². The molecule has 0 aromatic heterocycles. The number of nitrogens with one attached hydrogen (secondary N) is 2. The van der Waals surface area contributed by atoms with Crippen LogP contribution in [-0.4, -0.2) is 76.8 Å². The minimum Gasteiger partial charge on any atom is -0.423 e. The van der Waals surface area contributed by atoms with Crippen LogP contribution in [0.4, 0.5) is 8.78 Å². The molecule has 0 fully saturated rings. The van der Waals surface area contributed by atoms with Gasteiger partial charge in [0.15, 0.2) is 0 Å². The van der Waals surface area contributed by atoms with E-state index in [0.29, 0.717) is 0 Å². The smallest absolute Gasteiger partial charge is 0.423 e. The van der Waals surface area contributed by atoms with Crippen LogP contribution in [-0.2, 0) is 9.63 Å². The van der Waals surface area contributed by atoms with Gasteiger partial charge in [-0.15, -0.1) is 0 Å². The van der Waals surface area contributed by atoms with E-state index in [1.807, 2.05) is 5.48 Å². The average molecular weight is 531 g/mol. The summed E-state index contributed by atoms with van der Waals surface area (Å²) >= 11 is 0.